The quantitative estimate of drug-likeness (QED) is 0.375. The van der Waals surface area contributed by atoms with Crippen LogP contribution in [0.1, 0.15) is 62.3 Å². The summed E-state index contributed by atoms with van der Waals surface area (Å²) < 4.78 is 6.10. The zero-order valence-corrected chi connectivity index (χ0v) is 22.3. The van der Waals surface area contributed by atoms with Gasteiger partial charge in [0.05, 0.1) is 0 Å². The van der Waals surface area contributed by atoms with E-state index in [2.05, 4.69) is 54.6 Å². The molecular formula is C31H36N4O3. The van der Waals surface area contributed by atoms with E-state index in [1.165, 1.54) is 5.56 Å². The summed E-state index contributed by atoms with van der Waals surface area (Å²) in [5.41, 5.74) is 11.2. The Kier molecular flexibility index (Phi) is 7.21. The molecule has 198 valence electrons. The summed E-state index contributed by atoms with van der Waals surface area (Å²) in [6.07, 6.45) is 5.80. The molecule has 1 aromatic heterocycles. The smallest absolute Gasteiger partial charge is 0.228 e. The molecule has 1 unspecified atom stereocenters. The number of carbonyl (C=O) groups excluding carboxylic acids is 2. The number of benzene rings is 2. The number of hydrogen-bond acceptors (Lipinski definition) is 5. The fourth-order valence-corrected chi connectivity index (χ4v) is 4.83. The number of hydrogen-bond donors (Lipinski definition) is 3. The maximum absolute atomic E-state index is 13.3. The summed E-state index contributed by atoms with van der Waals surface area (Å²) in [6, 6.07) is 15.7. The molecule has 1 saturated carbocycles. The van der Waals surface area contributed by atoms with E-state index >= 15 is 0 Å². The Labute approximate surface area is 224 Å². The number of amides is 2. The van der Waals surface area contributed by atoms with Crippen LogP contribution in [0.25, 0.3) is 0 Å². The van der Waals surface area contributed by atoms with Crippen LogP contribution in [-0.2, 0) is 34.4 Å². The second-order valence-electron chi connectivity index (χ2n) is 11.5. The minimum absolute atomic E-state index is 0.0112. The van der Waals surface area contributed by atoms with Crippen LogP contribution >= 0.6 is 0 Å². The van der Waals surface area contributed by atoms with Gasteiger partial charge in [-0.3, -0.25) is 9.59 Å². The highest BCUT2D eigenvalue weighted by Gasteiger charge is 2.30. The third-order valence-electron chi connectivity index (χ3n) is 7.31. The van der Waals surface area contributed by atoms with Crippen LogP contribution in [0.2, 0.25) is 0 Å². The minimum atomic E-state index is -0.123. The van der Waals surface area contributed by atoms with Gasteiger partial charge in [-0.15, -0.1) is 0 Å². The highest BCUT2D eigenvalue weighted by atomic mass is 16.5. The molecule has 4 N–H and O–H groups in total. The highest BCUT2D eigenvalue weighted by molar-refractivity contribution is 5.93. The van der Waals surface area contributed by atoms with Crippen molar-refractivity contribution in [2.45, 2.75) is 64.8 Å². The minimum Gasteiger partial charge on any atom is -0.457 e. The van der Waals surface area contributed by atoms with Crippen LogP contribution in [0, 0.1) is 11.8 Å². The van der Waals surface area contributed by atoms with Crippen molar-refractivity contribution in [2.24, 2.45) is 17.6 Å². The van der Waals surface area contributed by atoms with Crippen LogP contribution in [0.3, 0.4) is 0 Å². The first-order valence-electron chi connectivity index (χ1n) is 13.4. The zero-order chi connectivity index (χ0) is 26.9. The van der Waals surface area contributed by atoms with Crippen molar-refractivity contribution >= 4 is 23.3 Å². The number of nitrogens with zero attached hydrogens (tertiary/aromatic N) is 1. The molecule has 5 rings (SSSR count). The van der Waals surface area contributed by atoms with Crippen molar-refractivity contribution in [3.8, 4) is 11.5 Å². The van der Waals surface area contributed by atoms with Gasteiger partial charge in [0.25, 0.3) is 0 Å². The van der Waals surface area contributed by atoms with Gasteiger partial charge in [0.2, 0.25) is 11.8 Å². The molecule has 38 heavy (non-hydrogen) atoms. The molecule has 7 nitrogen and oxygen atoms in total. The largest absolute Gasteiger partial charge is 0.457 e. The standard InChI is InChI=1S/C31H36N4O3/c1-31(2,3)24-12-19(18-32)13-25(16-24)34-30(37)22-7-4-20-8-9-26(15-23(20)14-22)38-27-10-11-33-28(17-27)35-29(36)21-5-6-21/h8-13,15-17,21-22H,4-7,14,18,32H2,1-3H3,(H,34,37)(H,33,35,36). The molecule has 2 aromatic carbocycles. The number of fused-ring (bicyclic) bond motifs is 1. The van der Waals surface area contributed by atoms with E-state index in [0.717, 1.165) is 48.1 Å². The fourth-order valence-electron chi connectivity index (χ4n) is 4.83. The molecule has 0 radical (unpaired) electrons. The van der Waals surface area contributed by atoms with Crippen LogP contribution in [0.5, 0.6) is 11.5 Å². The van der Waals surface area contributed by atoms with Gasteiger partial charge in [0.15, 0.2) is 0 Å². The van der Waals surface area contributed by atoms with E-state index in [4.69, 9.17) is 10.5 Å². The first-order valence-corrected chi connectivity index (χ1v) is 13.4. The molecule has 1 atom stereocenters. The molecule has 0 aliphatic heterocycles. The average Bonchev–Trinajstić information content (AvgIpc) is 3.73. The number of carbonyl (C=O) groups is 2. The number of aromatic nitrogens is 1. The molecular weight excluding hydrogens is 476 g/mol. The van der Waals surface area contributed by atoms with Crippen LogP contribution in [-0.4, -0.2) is 16.8 Å². The van der Waals surface area contributed by atoms with Gasteiger partial charge in [0.1, 0.15) is 17.3 Å². The molecule has 2 aliphatic rings. The van der Waals surface area contributed by atoms with Crippen LogP contribution in [0.15, 0.2) is 54.7 Å². The van der Waals surface area contributed by atoms with Gasteiger partial charge in [-0.1, -0.05) is 32.9 Å². The predicted octanol–water partition coefficient (Wildman–Crippen LogP) is 5.72. The van der Waals surface area contributed by atoms with Crippen LogP contribution < -0.4 is 21.1 Å². The molecule has 0 bridgehead atoms. The topological polar surface area (TPSA) is 106 Å². The monoisotopic (exact) mass is 512 g/mol. The van der Waals surface area contributed by atoms with Crippen molar-refractivity contribution in [3.05, 3.63) is 77.0 Å². The molecule has 7 heteroatoms. The SMILES string of the molecule is CC(C)(C)c1cc(CN)cc(NC(=O)C2CCc3ccc(Oc4ccnc(NC(=O)C5CC5)c4)cc3C2)c1. The summed E-state index contributed by atoms with van der Waals surface area (Å²) in [5, 5.41) is 6.01. The van der Waals surface area contributed by atoms with Crippen molar-refractivity contribution in [1.29, 1.82) is 0 Å². The second kappa shape index (κ2) is 10.6. The molecule has 1 fully saturated rings. The van der Waals surface area contributed by atoms with Gasteiger partial charge >= 0.3 is 0 Å². The first-order chi connectivity index (χ1) is 18.2. The lowest BCUT2D eigenvalue weighted by Crippen LogP contribution is -2.28. The number of anilines is 2. The molecule has 3 aromatic rings. The normalized spacial score (nSPS) is 16.9. The fraction of sp³-hybridized carbons (Fsp3) is 0.387. The predicted molar refractivity (Wildman–Crippen MR) is 149 cm³/mol. The lowest BCUT2D eigenvalue weighted by Gasteiger charge is -2.25. The molecule has 2 amide bonds. The summed E-state index contributed by atoms with van der Waals surface area (Å²) in [6.45, 7) is 6.90. The highest BCUT2D eigenvalue weighted by Crippen LogP contribution is 2.33. The Hall–Kier alpha value is -3.71. The van der Waals surface area contributed by atoms with E-state index in [-0.39, 0.29) is 29.1 Å². The van der Waals surface area contributed by atoms with Gasteiger partial charge in [-0.2, -0.15) is 0 Å². The lowest BCUT2D eigenvalue weighted by atomic mass is 9.83. The summed E-state index contributed by atoms with van der Waals surface area (Å²) in [7, 11) is 0. The number of nitrogens with two attached hydrogens (primary N) is 1. The van der Waals surface area contributed by atoms with Crippen molar-refractivity contribution in [3.63, 3.8) is 0 Å². The van der Waals surface area contributed by atoms with Crippen LogP contribution in [0.4, 0.5) is 11.5 Å². The number of pyridine rings is 1. The summed E-state index contributed by atoms with van der Waals surface area (Å²) in [4.78, 5) is 29.6. The third kappa shape index (κ3) is 6.22. The van der Waals surface area contributed by atoms with E-state index < -0.39 is 0 Å². The van der Waals surface area contributed by atoms with Gasteiger partial charge < -0.3 is 21.1 Å². The Morgan fingerprint density at radius 2 is 1.68 bits per heavy atom. The Bertz CT molecular complexity index is 1360. The van der Waals surface area contributed by atoms with E-state index in [9.17, 15) is 9.59 Å². The average molecular weight is 513 g/mol. The number of rotatable bonds is 7. The van der Waals surface area contributed by atoms with Gasteiger partial charge in [-0.25, -0.2) is 4.98 Å². The molecule has 0 spiro atoms. The number of aryl methyl sites for hydroxylation is 1. The summed E-state index contributed by atoms with van der Waals surface area (Å²) in [5.74, 6) is 1.81. The first kappa shape index (κ1) is 25.9. The Morgan fingerprint density at radius 3 is 2.42 bits per heavy atom. The Morgan fingerprint density at radius 1 is 0.921 bits per heavy atom. The van der Waals surface area contributed by atoms with Crippen molar-refractivity contribution < 1.29 is 14.3 Å². The molecule has 1 heterocycles. The van der Waals surface area contributed by atoms with Gasteiger partial charge in [-0.05, 0) is 90.1 Å². The third-order valence-corrected chi connectivity index (χ3v) is 7.31. The van der Waals surface area contributed by atoms with Crippen molar-refractivity contribution in [1.82, 2.24) is 4.98 Å². The van der Waals surface area contributed by atoms with E-state index in [0.29, 0.717) is 30.3 Å². The maximum atomic E-state index is 13.3. The molecule has 0 saturated heterocycles. The summed E-state index contributed by atoms with van der Waals surface area (Å²) >= 11 is 0. The number of ether oxygens (including phenoxy) is 1. The lowest BCUT2D eigenvalue weighted by molar-refractivity contribution is -0.120. The van der Waals surface area contributed by atoms with Crippen molar-refractivity contribution in [2.75, 3.05) is 10.6 Å². The Balaban J connectivity index is 1.26. The second-order valence-corrected chi connectivity index (χ2v) is 11.5. The molecule has 2 aliphatic carbocycles. The van der Waals surface area contributed by atoms with Gasteiger partial charge in [0, 0.05) is 36.3 Å². The number of nitrogens with one attached hydrogen (secondary N) is 2. The maximum Gasteiger partial charge on any atom is 0.228 e. The zero-order valence-electron chi connectivity index (χ0n) is 22.3. The van der Waals surface area contributed by atoms with E-state index in [1.54, 1.807) is 18.3 Å². The van der Waals surface area contributed by atoms with E-state index in [1.807, 2.05) is 18.2 Å².